The normalized spacial score (nSPS) is 18.0. The van der Waals surface area contributed by atoms with Crippen molar-refractivity contribution < 1.29 is 10.0 Å². The van der Waals surface area contributed by atoms with Gasteiger partial charge in [0.05, 0.1) is 5.71 Å². The molecule has 1 aliphatic rings. The van der Waals surface area contributed by atoms with E-state index in [4.69, 9.17) is 5.21 Å². The highest BCUT2D eigenvalue weighted by atomic mass is 16.4. The van der Waals surface area contributed by atoms with E-state index in [9.17, 15) is 4.79 Å². The van der Waals surface area contributed by atoms with Crippen LogP contribution in [0.25, 0.3) is 0 Å². The maximum Gasteiger partial charge on any atom is 0.225 e. The Balaban J connectivity index is 2.46. The van der Waals surface area contributed by atoms with E-state index in [1.165, 1.54) is 0 Å². The van der Waals surface area contributed by atoms with Crippen molar-refractivity contribution in [3.63, 3.8) is 0 Å². The fourth-order valence-corrected chi connectivity index (χ4v) is 2.30. The molecule has 4 nitrogen and oxygen atoms in total. The van der Waals surface area contributed by atoms with Crippen molar-refractivity contribution in [2.75, 3.05) is 13.1 Å². The lowest BCUT2D eigenvalue weighted by molar-refractivity contribution is -0.136. The van der Waals surface area contributed by atoms with Crippen molar-refractivity contribution in [1.82, 2.24) is 4.90 Å². The predicted molar refractivity (Wildman–Crippen MR) is 68.3 cm³/mol. The van der Waals surface area contributed by atoms with E-state index in [0.717, 1.165) is 31.4 Å². The number of piperidine rings is 1. The van der Waals surface area contributed by atoms with Crippen LogP contribution in [0.4, 0.5) is 0 Å². The number of hydrogen-bond acceptors (Lipinski definition) is 3. The Morgan fingerprint density at radius 1 is 1.41 bits per heavy atom. The molecular formula is C13H24N2O2. The molecule has 4 heteroatoms. The van der Waals surface area contributed by atoms with Crippen LogP contribution in [0.5, 0.6) is 0 Å². The second-order valence-corrected chi connectivity index (χ2v) is 4.74. The summed E-state index contributed by atoms with van der Waals surface area (Å²) in [6, 6.07) is 0. The second-order valence-electron chi connectivity index (χ2n) is 4.74. The predicted octanol–water partition coefficient (Wildman–Crippen LogP) is 2.66. The van der Waals surface area contributed by atoms with Crippen LogP contribution in [0, 0.1) is 5.92 Å². The molecule has 0 saturated carbocycles. The molecule has 0 aliphatic carbocycles. The lowest BCUT2D eigenvalue weighted by Crippen LogP contribution is -2.41. The number of oxime groups is 1. The molecule has 1 rings (SSSR count). The molecule has 0 spiro atoms. The van der Waals surface area contributed by atoms with Gasteiger partial charge in [-0.1, -0.05) is 31.8 Å². The molecule has 1 amide bonds. The Morgan fingerprint density at radius 3 is 2.53 bits per heavy atom. The highest BCUT2D eigenvalue weighted by Gasteiger charge is 2.25. The number of carbonyl (C=O) groups is 1. The van der Waals surface area contributed by atoms with Gasteiger partial charge >= 0.3 is 0 Å². The molecular weight excluding hydrogens is 216 g/mol. The van der Waals surface area contributed by atoms with Gasteiger partial charge in [0, 0.05) is 31.8 Å². The molecule has 1 atom stereocenters. The molecule has 0 aromatic rings. The summed E-state index contributed by atoms with van der Waals surface area (Å²) in [6.45, 7) is 5.66. The first-order chi connectivity index (χ1) is 8.22. The van der Waals surface area contributed by atoms with Gasteiger partial charge in [-0.25, -0.2) is 0 Å². The van der Waals surface area contributed by atoms with E-state index in [1.54, 1.807) is 0 Å². The van der Waals surface area contributed by atoms with Crippen molar-refractivity contribution in [3.05, 3.63) is 0 Å². The zero-order chi connectivity index (χ0) is 12.7. The number of amides is 1. The van der Waals surface area contributed by atoms with Crippen LogP contribution >= 0.6 is 0 Å². The fraction of sp³-hybridized carbons (Fsp3) is 0.846. The lowest BCUT2D eigenvalue weighted by atomic mass is 9.96. The third-order valence-corrected chi connectivity index (χ3v) is 3.54. The van der Waals surface area contributed by atoms with Crippen LogP contribution < -0.4 is 0 Å². The Bertz CT molecular complexity index is 267. The van der Waals surface area contributed by atoms with E-state index >= 15 is 0 Å². The quantitative estimate of drug-likeness (QED) is 0.593. The zero-order valence-corrected chi connectivity index (χ0v) is 11.0. The lowest BCUT2D eigenvalue weighted by Gasteiger charge is -2.30. The minimum atomic E-state index is 0.183. The summed E-state index contributed by atoms with van der Waals surface area (Å²) >= 11 is 0. The summed E-state index contributed by atoms with van der Waals surface area (Å²) in [6.07, 6.45) is 5.63. The van der Waals surface area contributed by atoms with E-state index in [-0.39, 0.29) is 11.8 Å². The van der Waals surface area contributed by atoms with Gasteiger partial charge < -0.3 is 10.1 Å². The molecule has 0 aromatic carbocycles. The highest BCUT2D eigenvalue weighted by Crippen LogP contribution is 2.18. The number of rotatable bonds is 5. The molecule has 0 radical (unpaired) electrons. The van der Waals surface area contributed by atoms with Gasteiger partial charge in [0.15, 0.2) is 0 Å². The number of nitrogens with zero attached hydrogens (tertiary/aromatic N) is 2. The van der Waals surface area contributed by atoms with Crippen LogP contribution in [0.15, 0.2) is 5.16 Å². The highest BCUT2D eigenvalue weighted by molar-refractivity contribution is 5.87. The first-order valence-corrected chi connectivity index (χ1v) is 6.71. The average Bonchev–Trinajstić information content (AvgIpc) is 2.39. The summed E-state index contributed by atoms with van der Waals surface area (Å²) in [5, 5.41) is 11.9. The molecule has 98 valence electrons. The maximum absolute atomic E-state index is 12.3. The van der Waals surface area contributed by atoms with Gasteiger partial charge in [0.25, 0.3) is 0 Å². The third-order valence-electron chi connectivity index (χ3n) is 3.54. The van der Waals surface area contributed by atoms with Gasteiger partial charge in [-0.3, -0.25) is 4.79 Å². The molecule has 0 aromatic heterocycles. The summed E-state index contributed by atoms with van der Waals surface area (Å²) in [4.78, 5) is 14.2. The summed E-state index contributed by atoms with van der Waals surface area (Å²) in [7, 11) is 0. The molecule has 1 saturated heterocycles. The van der Waals surface area contributed by atoms with Gasteiger partial charge in [-0.15, -0.1) is 0 Å². The maximum atomic E-state index is 12.3. The number of carbonyl (C=O) groups excluding carboxylic acids is 1. The topological polar surface area (TPSA) is 52.9 Å². The van der Waals surface area contributed by atoms with Crippen molar-refractivity contribution >= 4 is 11.6 Å². The van der Waals surface area contributed by atoms with Crippen LogP contribution in [0.3, 0.4) is 0 Å². The Morgan fingerprint density at radius 2 is 2.06 bits per heavy atom. The molecule has 17 heavy (non-hydrogen) atoms. The molecule has 0 bridgehead atoms. The van der Waals surface area contributed by atoms with Crippen LogP contribution in [-0.2, 0) is 4.79 Å². The van der Waals surface area contributed by atoms with Gasteiger partial charge in [-0.05, 0) is 12.8 Å². The van der Waals surface area contributed by atoms with Gasteiger partial charge in [0.2, 0.25) is 5.91 Å². The van der Waals surface area contributed by atoms with E-state index in [1.807, 2.05) is 4.90 Å². The SMILES string of the molecule is CCCCC(CC)C(=O)N1CCC(=NO)CC1. The molecule has 1 unspecified atom stereocenters. The molecule has 1 heterocycles. The Labute approximate surface area is 104 Å². The number of likely N-dealkylation sites (tertiary alicyclic amines) is 1. The molecule has 1 aliphatic heterocycles. The van der Waals surface area contributed by atoms with Crippen LogP contribution in [0.2, 0.25) is 0 Å². The van der Waals surface area contributed by atoms with Crippen LogP contribution in [0.1, 0.15) is 52.4 Å². The summed E-state index contributed by atoms with van der Waals surface area (Å²) < 4.78 is 0. The fourth-order valence-electron chi connectivity index (χ4n) is 2.30. The van der Waals surface area contributed by atoms with E-state index < -0.39 is 0 Å². The van der Waals surface area contributed by atoms with Crippen LogP contribution in [-0.4, -0.2) is 34.8 Å². The van der Waals surface area contributed by atoms with E-state index in [0.29, 0.717) is 25.9 Å². The smallest absolute Gasteiger partial charge is 0.225 e. The van der Waals surface area contributed by atoms with Gasteiger partial charge in [-0.2, -0.15) is 0 Å². The minimum absolute atomic E-state index is 0.183. The largest absolute Gasteiger partial charge is 0.411 e. The second kappa shape index (κ2) is 7.30. The van der Waals surface area contributed by atoms with Gasteiger partial charge in [0.1, 0.15) is 0 Å². The molecule has 1 N–H and O–H groups in total. The van der Waals surface area contributed by atoms with Crippen molar-refractivity contribution in [1.29, 1.82) is 0 Å². The zero-order valence-electron chi connectivity index (χ0n) is 11.0. The van der Waals surface area contributed by atoms with E-state index in [2.05, 4.69) is 19.0 Å². The van der Waals surface area contributed by atoms with Crippen molar-refractivity contribution in [3.8, 4) is 0 Å². The number of unbranched alkanes of at least 4 members (excludes halogenated alkanes) is 1. The third kappa shape index (κ3) is 4.02. The standard InChI is InChI=1S/C13H24N2O2/c1-3-5-6-11(4-2)13(16)15-9-7-12(14-17)8-10-15/h11,17H,3-10H2,1-2H3. The average molecular weight is 240 g/mol. The Hall–Kier alpha value is -1.06. The minimum Gasteiger partial charge on any atom is -0.411 e. The number of hydrogen-bond donors (Lipinski definition) is 1. The first-order valence-electron chi connectivity index (χ1n) is 6.71. The molecule has 1 fully saturated rings. The first kappa shape index (κ1) is 14.0. The summed E-state index contributed by atoms with van der Waals surface area (Å²) in [5.74, 6) is 0.473. The Kier molecular flexibility index (Phi) is 6.01. The van der Waals surface area contributed by atoms with Crippen molar-refractivity contribution in [2.45, 2.75) is 52.4 Å². The van der Waals surface area contributed by atoms with Crippen molar-refractivity contribution in [2.24, 2.45) is 11.1 Å². The summed E-state index contributed by atoms with van der Waals surface area (Å²) in [5.41, 5.74) is 0.815. The monoisotopic (exact) mass is 240 g/mol.